The number of ether oxygens (including phenoxy) is 1. The standard InChI is InChI=1S/C23H19ClN4O3/c1-31-12-17-21(13-6-8-15(24)9-7-13)23-26-25-22-18(28(23)27-17)10-14(11-20(22)30)16-4-2-3-5-19(16)29/h2-9,14,29H,10-12H2,1H3. The highest BCUT2D eigenvalue weighted by Crippen LogP contribution is 2.37. The predicted molar refractivity (Wildman–Crippen MR) is 115 cm³/mol. The first kappa shape index (κ1) is 19.7. The molecule has 156 valence electrons. The summed E-state index contributed by atoms with van der Waals surface area (Å²) in [5.74, 6) is -0.0900. The molecule has 1 unspecified atom stereocenters. The molecule has 1 aliphatic rings. The van der Waals surface area contributed by atoms with Crippen molar-refractivity contribution >= 4 is 23.0 Å². The van der Waals surface area contributed by atoms with Crippen molar-refractivity contribution in [1.82, 2.24) is 19.8 Å². The van der Waals surface area contributed by atoms with Crippen molar-refractivity contribution in [3.05, 3.63) is 76.2 Å². The van der Waals surface area contributed by atoms with Crippen LogP contribution in [0.1, 0.15) is 39.8 Å². The van der Waals surface area contributed by atoms with Crippen molar-refractivity contribution < 1.29 is 14.6 Å². The van der Waals surface area contributed by atoms with Crippen molar-refractivity contribution in [2.24, 2.45) is 0 Å². The smallest absolute Gasteiger partial charge is 0.185 e. The molecule has 4 aromatic rings. The number of carbonyl (C=O) groups is 1. The highest BCUT2D eigenvalue weighted by Gasteiger charge is 2.32. The van der Waals surface area contributed by atoms with E-state index in [1.54, 1.807) is 35.9 Å². The molecule has 2 heterocycles. The molecular weight excluding hydrogens is 416 g/mol. The van der Waals surface area contributed by atoms with E-state index in [1.165, 1.54) is 0 Å². The highest BCUT2D eigenvalue weighted by atomic mass is 35.5. The predicted octanol–water partition coefficient (Wildman–Crippen LogP) is 4.21. The van der Waals surface area contributed by atoms with Gasteiger partial charge < -0.3 is 9.84 Å². The molecule has 8 heteroatoms. The van der Waals surface area contributed by atoms with Crippen LogP contribution in [0.5, 0.6) is 5.75 Å². The van der Waals surface area contributed by atoms with Gasteiger partial charge in [-0.25, -0.2) is 4.52 Å². The Kier molecular flexibility index (Phi) is 4.92. The summed E-state index contributed by atoms with van der Waals surface area (Å²) < 4.78 is 7.06. The van der Waals surface area contributed by atoms with E-state index in [0.717, 1.165) is 16.7 Å². The van der Waals surface area contributed by atoms with Crippen molar-refractivity contribution in [1.29, 1.82) is 0 Å². The van der Waals surface area contributed by atoms with Gasteiger partial charge in [-0.2, -0.15) is 5.10 Å². The van der Waals surface area contributed by atoms with Crippen LogP contribution >= 0.6 is 11.6 Å². The number of aromatic hydroxyl groups is 1. The summed E-state index contributed by atoms with van der Waals surface area (Å²) in [5.41, 5.74) is 4.70. The van der Waals surface area contributed by atoms with Crippen LogP contribution in [-0.4, -0.2) is 37.8 Å². The number of aromatic nitrogens is 4. The molecule has 0 amide bonds. The highest BCUT2D eigenvalue weighted by molar-refractivity contribution is 6.30. The van der Waals surface area contributed by atoms with Crippen molar-refractivity contribution in [2.45, 2.75) is 25.4 Å². The van der Waals surface area contributed by atoms with Gasteiger partial charge in [-0.15, -0.1) is 10.2 Å². The molecule has 0 aliphatic heterocycles. The molecule has 1 atom stereocenters. The number of phenols is 1. The lowest BCUT2D eigenvalue weighted by atomic mass is 9.83. The monoisotopic (exact) mass is 434 g/mol. The zero-order valence-electron chi connectivity index (χ0n) is 16.7. The van der Waals surface area contributed by atoms with E-state index in [9.17, 15) is 9.90 Å². The lowest BCUT2D eigenvalue weighted by Gasteiger charge is -2.23. The molecule has 7 nitrogen and oxygen atoms in total. The van der Waals surface area contributed by atoms with Gasteiger partial charge in [-0.1, -0.05) is 41.9 Å². The van der Waals surface area contributed by atoms with Gasteiger partial charge in [-0.3, -0.25) is 4.79 Å². The number of halogens is 1. The van der Waals surface area contributed by atoms with E-state index in [0.29, 0.717) is 34.2 Å². The maximum Gasteiger partial charge on any atom is 0.185 e. The first-order chi connectivity index (χ1) is 15.1. The molecule has 2 aromatic heterocycles. The summed E-state index contributed by atoms with van der Waals surface area (Å²) in [6.45, 7) is 0.285. The maximum atomic E-state index is 12.9. The van der Waals surface area contributed by atoms with Crippen LogP contribution in [0.2, 0.25) is 5.02 Å². The van der Waals surface area contributed by atoms with E-state index in [4.69, 9.17) is 21.4 Å². The van der Waals surface area contributed by atoms with E-state index in [1.807, 2.05) is 24.3 Å². The summed E-state index contributed by atoms with van der Waals surface area (Å²) in [5, 5.41) is 24.3. The third kappa shape index (κ3) is 3.36. The minimum atomic E-state index is -0.164. The van der Waals surface area contributed by atoms with E-state index >= 15 is 0 Å². The lowest BCUT2D eigenvalue weighted by Crippen LogP contribution is -2.24. The second-order valence-corrected chi connectivity index (χ2v) is 8.02. The normalized spacial score (nSPS) is 15.9. The van der Waals surface area contributed by atoms with Crippen molar-refractivity contribution in [3.63, 3.8) is 0 Å². The van der Waals surface area contributed by atoms with Gasteiger partial charge >= 0.3 is 0 Å². The molecule has 0 saturated carbocycles. The minimum absolute atomic E-state index is 0.110. The number of phenolic OH excluding ortho intramolecular Hbond substituents is 1. The molecule has 2 aromatic carbocycles. The lowest BCUT2D eigenvalue weighted by molar-refractivity contribution is 0.0955. The van der Waals surface area contributed by atoms with Gasteiger partial charge in [0, 0.05) is 24.5 Å². The molecule has 0 spiro atoms. The summed E-state index contributed by atoms with van der Waals surface area (Å²) in [6.07, 6.45) is 0.778. The second-order valence-electron chi connectivity index (χ2n) is 7.58. The second kappa shape index (κ2) is 7.76. The van der Waals surface area contributed by atoms with Crippen LogP contribution in [0, 0.1) is 0 Å². The van der Waals surface area contributed by atoms with Crippen LogP contribution in [0.25, 0.3) is 16.8 Å². The minimum Gasteiger partial charge on any atom is -0.508 e. The molecular formula is C23H19ClN4O3. The van der Waals surface area contributed by atoms with E-state index < -0.39 is 0 Å². The largest absolute Gasteiger partial charge is 0.508 e. The van der Waals surface area contributed by atoms with Gasteiger partial charge in [0.15, 0.2) is 17.1 Å². The number of rotatable bonds is 4. The SMILES string of the molecule is COCc1nn2c3c(nnc2c1-c1ccc(Cl)cc1)C(=O)CC(c1ccccc1O)C3. The Hall–Kier alpha value is -3.29. The molecule has 0 fully saturated rings. The number of hydrogen-bond acceptors (Lipinski definition) is 6. The molecule has 5 rings (SSSR count). The maximum absolute atomic E-state index is 12.9. The summed E-state index contributed by atoms with van der Waals surface area (Å²) >= 11 is 6.06. The Bertz CT molecular complexity index is 1300. The number of carbonyl (C=O) groups excluding carboxylic acids is 1. The zero-order valence-corrected chi connectivity index (χ0v) is 17.5. The molecule has 31 heavy (non-hydrogen) atoms. The van der Waals surface area contributed by atoms with Crippen LogP contribution in [0.4, 0.5) is 0 Å². The Balaban J connectivity index is 1.69. The Labute approximate surface area is 183 Å². The number of Topliss-reactive ketones (excluding diaryl/α,β-unsaturated/α-hetero) is 1. The molecule has 1 aliphatic carbocycles. The third-order valence-electron chi connectivity index (χ3n) is 5.63. The average Bonchev–Trinajstić information content (AvgIpc) is 3.13. The summed E-state index contributed by atoms with van der Waals surface area (Å²) in [4.78, 5) is 12.9. The number of fused-ring (bicyclic) bond motifs is 3. The number of nitrogens with zero attached hydrogens (tertiary/aromatic N) is 4. The topological polar surface area (TPSA) is 89.6 Å². The van der Waals surface area contributed by atoms with Gasteiger partial charge in [0.1, 0.15) is 5.75 Å². The molecule has 0 bridgehead atoms. The Morgan fingerprint density at radius 1 is 1.13 bits per heavy atom. The molecule has 1 N–H and O–H groups in total. The Morgan fingerprint density at radius 3 is 2.65 bits per heavy atom. The summed E-state index contributed by atoms with van der Waals surface area (Å²) in [7, 11) is 1.61. The van der Waals surface area contributed by atoms with Crippen molar-refractivity contribution in [2.75, 3.05) is 7.11 Å². The fourth-order valence-corrected chi connectivity index (χ4v) is 4.34. The fourth-order valence-electron chi connectivity index (χ4n) is 4.22. The number of para-hydroxylation sites is 1. The van der Waals surface area contributed by atoms with Crippen molar-refractivity contribution in [3.8, 4) is 16.9 Å². The molecule has 0 radical (unpaired) electrons. The zero-order chi connectivity index (χ0) is 21.5. The average molecular weight is 435 g/mol. The van der Waals surface area contributed by atoms with E-state index in [2.05, 4.69) is 10.2 Å². The number of ketones is 1. The van der Waals surface area contributed by atoms with Crippen LogP contribution in [0.3, 0.4) is 0 Å². The fraction of sp³-hybridized carbons (Fsp3) is 0.217. The third-order valence-corrected chi connectivity index (χ3v) is 5.89. The first-order valence-electron chi connectivity index (χ1n) is 9.90. The quantitative estimate of drug-likeness (QED) is 0.517. The van der Waals surface area contributed by atoms with Crippen LogP contribution in [-0.2, 0) is 17.8 Å². The van der Waals surface area contributed by atoms with Crippen LogP contribution < -0.4 is 0 Å². The van der Waals surface area contributed by atoms with Gasteiger partial charge in [0.05, 0.1) is 23.6 Å². The van der Waals surface area contributed by atoms with Gasteiger partial charge in [0.2, 0.25) is 0 Å². The first-order valence-corrected chi connectivity index (χ1v) is 10.3. The molecule has 0 saturated heterocycles. The summed E-state index contributed by atoms with van der Waals surface area (Å²) in [6, 6.07) is 14.5. The number of hydrogen-bond donors (Lipinski definition) is 1. The van der Waals surface area contributed by atoms with Crippen LogP contribution in [0.15, 0.2) is 48.5 Å². The Morgan fingerprint density at radius 2 is 1.90 bits per heavy atom. The number of benzene rings is 2. The van der Waals surface area contributed by atoms with E-state index in [-0.39, 0.29) is 30.5 Å². The number of methoxy groups -OCH3 is 1. The van der Waals surface area contributed by atoms with Gasteiger partial charge in [-0.05, 0) is 35.7 Å². The van der Waals surface area contributed by atoms with Gasteiger partial charge in [0.25, 0.3) is 0 Å².